The number of hydrogen-bond acceptors (Lipinski definition) is 7. The fraction of sp³-hybridized carbons (Fsp3) is 0.481. The van der Waals surface area contributed by atoms with Gasteiger partial charge < -0.3 is 43.2 Å². The van der Waals surface area contributed by atoms with E-state index in [1.54, 1.807) is 6.92 Å². The molecule has 1 aromatic heterocycles. The average molecular weight is 572 g/mol. The Labute approximate surface area is 238 Å². The van der Waals surface area contributed by atoms with Crippen molar-refractivity contribution < 1.29 is 24.3 Å². The van der Waals surface area contributed by atoms with E-state index in [4.69, 9.17) is 17.2 Å². The molecule has 1 heterocycles. The van der Waals surface area contributed by atoms with Gasteiger partial charge in [0.25, 0.3) is 0 Å². The molecule has 0 unspecified atom stereocenters. The number of carboxylic acids is 1. The second-order valence-electron chi connectivity index (χ2n) is 9.86. The van der Waals surface area contributed by atoms with Crippen LogP contribution in [0.2, 0.25) is 0 Å². The first kappa shape index (κ1) is 32.8. The summed E-state index contributed by atoms with van der Waals surface area (Å²) in [5.41, 5.74) is 18.3. The highest BCUT2D eigenvalue weighted by molar-refractivity contribution is 5.94. The van der Waals surface area contributed by atoms with E-state index in [0.717, 1.165) is 5.56 Å². The number of aromatic nitrogens is 2. The number of aromatic amines is 1. The van der Waals surface area contributed by atoms with Crippen molar-refractivity contribution in [2.75, 3.05) is 6.54 Å². The summed E-state index contributed by atoms with van der Waals surface area (Å²) in [6, 6.07) is 4.89. The molecule has 0 bridgehead atoms. The van der Waals surface area contributed by atoms with Crippen molar-refractivity contribution >= 4 is 29.7 Å². The number of nitrogens with one attached hydrogen (secondary N) is 4. The van der Waals surface area contributed by atoms with Gasteiger partial charge in [-0.15, -0.1) is 0 Å². The van der Waals surface area contributed by atoms with Crippen LogP contribution in [0.5, 0.6) is 0 Å². The standard InChI is InChI=1S/C27H41N9O5/c1-3-16(2)22(26(40)41)36-25(39)21(13-18-14-31-15-33-18)35-24(38)20(10-7-11-32-27(29)30)34-23(37)19(28)12-17-8-5-4-6-9-17/h4-6,8-9,14-16,19-22H,3,7,10-13,28H2,1-2H3,(H,31,33)(H,34,37)(H,35,38)(H,36,39)(H,40,41)(H4,29,30,32)/t16-,19-,20-,21-,22-/m0/s1. The molecule has 0 radical (unpaired) electrons. The van der Waals surface area contributed by atoms with Crippen LogP contribution in [0.25, 0.3) is 0 Å². The zero-order valence-corrected chi connectivity index (χ0v) is 23.4. The molecular formula is C27H41N9O5. The van der Waals surface area contributed by atoms with Gasteiger partial charge in [-0.2, -0.15) is 0 Å². The summed E-state index contributed by atoms with van der Waals surface area (Å²) < 4.78 is 0. The van der Waals surface area contributed by atoms with Crippen molar-refractivity contribution in [3.8, 4) is 0 Å². The number of hydrogen-bond donors (Lipinski definition) is 8. The second kappa shape index (κ2) is 16.6. The molecule has 224 valence electrons. The SMILES string of the molecule is CC[C@H](C)[C@H](NC(=O)[C@H](Cc1cnc[nH]1)NC(=O)[C@H](CCCN=C(N)N)NC(=O)[C@@H](N)Cc1ccccc1)C(=O)O. The van der Waals surface area contributed by atoms with Crippen molar-refractivity contribution in [1.82, 2.24) is 25.9 Å². The first-order chi connectivity index (χ1) is 19.5. The van der Waals surface area contributed by atoms with E-state index >= 15 is 0 Å². The van der Waals surface area contributed by atoms with Crippen LogP contribution in [0.4, 0.5) is 0 Å². The first-order valence-electron chi connectivity index (χ1n) is 13.5. The number of H-pyrrole nitrogens is 1. The number of carbonyl (C=O) groups is 4. The summed E-state index contributed by atoms with van der Waals surface area (Å²) in [6.45, 7) is 3.74. The molecule has 11 N–H and O–H groups in total. The highest BCUT2D eigenvalue weighted by Crippen LogP contribution is 2.10. The third kappa shape index (κ3) is 11.3. The largest absolute Gasteiger partial charge is 0.480 e. The molecule has 0 aliphatic carbocycles. The number of aliphatic carboxylic acids is 1. The number of amides is 3. The van der Waals surface area contributed by atoms with Gasteiger partial charge in [0.05, 0.1) is 12.4 Å². The van der Waals surface area contributed by atoms with Crippen LogP contribution < -0.4 is 33.2 Å². The van der Waals surface area contributed by atoms with Gasteiger partial charge in [-0.3, -0.25) is 19.4 Å². The molecule has 14 nitrogen and oxygen atoms in total. The Morgan fingerprint density at radius 3 is 2.24 bits per heavy atom. The number of imidazole rings is 1. The van der Waals surface area contributed by atoms with E-state index in [2.05, 4.69) is 30.9 Å². The van der Waals surface area contributed by atoms with Gasteiger partial charge in [-0.05, 0) is 30.7 Å². The smallest absolute Gasteiger partial charge is 0.326 e. The number of aliphatic imine (C=N–C) groups is 1. The van der Waals surface area contributed by atoms with Crippen LogP contribution in [0.1, 0.15) is 44.4 Å². The first-order valence-corrected chi connectivity index (χ1v) is 13.5. The third-order valence-electron chi connectivity index (χ3n) is 6.60. The van der Waals surface area contributed by atoms with Gasteiger partial charge in [0.1, 0.15) is 18.1 Å². The molecule has 2 rings (SSSR count). The molecule has 0 aliphatic heterocycles. The summed E-state index contributed by atoms with van der Waals surface area (Å²) in [6.07, 6.45) is 4.19. The van der Waals surface area contributed by atoms with Crippen molar-refractivity contribution in [3.63, 3.8) is 0 Å². The van der Waals surface area contributed by atoms with E-state index in [9.17, 15) is 24.3 Å². The van der Waals surface area contributed by atoms with Crippen LogP contribution in [0.15, 0.2) is 47.8 Å². The van der Waals surface area contributed by atoms with Gasteiger partial charge in [0, 0.05) is 24.9 Å². The average Bonchev–Trinajstić information content (AvgIpc) is 3.45. The summed E-state index contributed by atoms with van der Waals surface area (Å²) in [5.74, 6) is -3.53. The molecule has 14 heteroatoms. The minimum atomic E-state index is -1.18. The lowest BCUT2D eigenvalue weighted by Gasteiger charge is -2.26. The molecule has 0 saturated carbocycles. The van der Waals surface area contributed by atoms with Crippen LogP contribution in [-0.2, 0) is 32.0 Å². The van der Waals surface area contributed by atoms with Gasteiger partial charge >= 0.3 is 5.97 Å². The highest BCUT2D eigenvalue weighted by Gasteiger charge is 2.32. The minimum Gasteiger partial charge on any atom is -0.480 e. The number of guanidine groups is 1. The number of carbonyl (C=O) groups excluding carboxylic acids is 3. The Kier molecular flexibility index (Phi) is 13.3. The lowest BCUT2D eigenvalue weighted by molar-refractivity contribution is -0.143. The Morgan fingerprint density at radius 1 is 1.00 bits per heavy atom. The molecule has 0 fully saturated rings. The summed E-state index contributed by atoms with van der Waals surface area (Å²) in [7, 11) is 0. The van der Waals surface area contributed by atoms with Crippen molar-refractivity contribution in [1.29, 1.82) is 0 Å². The van der Waals surface area contributed by atoms with Crippen molar-refractivity contribution in [3.05, 3.63) is 54.1 Å². The molecule has 0 aliphatic rings. The quantitative estimate of drug-likeness (QED) is 0.0669. The number of nitrogens with zero attached hydrogens (tertiary/aromatic N) is 2. The molecule has 2 aromatic rings. The molecule has 5 atom stereocenters. The second-order valence-corrected chi connectivity index (χ2v) is 9.86. The number of carboxylic acid groups (broad SMARTS) is 1. The van der Waals surface area contributed by atoms with Crippen molar-refractivity contribution in [2.45, 2.75) is 70.1 Å². The maximum absolute atomic E-state index is 13.5. The number of benzene rings is 1. The zero-order chi connectivity index (χ0) is 30.4. The molecule has 0 saturated heterocycles. The summed E-state index contributed by atoms with van der Waals surface area (Å²) in [4.78, 5) is 62.2. The van der Waals surface area contributed by atoms with E-state index in [0.29, 0.717) is 18.5 Å². The molecule has 41 heavy (non-hydrogen) atoms. The Balaban J connectivity index is 2.21. The lowest BCUT2D eigenvalue weighted by atomic mass is 9.98. The fourth-order valence-corrected chi connectivity index (χ4v) is 4.05. The summed E-state index contributed by atoms with van der Waals surface area (Å²) in [5, 5.41) is 17.5. The van der Waals surface area contributed by atoms with Crippen LogP contribution in [0, 0.1) is 5.92 Å². The topological polar surface area (TPSA) is 244 Å². The van der Waals surface area contributed by atoms with Crippen LogP contribution >= 0.6 is 0 Å². The van der Waals surface area contributed by atoms with Gasteiger partial charge in [-0.25, -0.2) is 9.78 Å². The maximum atomic E-state index is 13.5. The van der Waals surface area contributed by atoms with Crippen molar-refractivity contribution in [2.24, 2.45) is 28.1 Å². The predicted molar refractivity (Wildman–Crippen MR) is 153 cm³/mol. The van der Waals surface area contributed by atoms with E-state index < -0.39 is 47.9 Å². The van der Waals surface area contributed by atoms with E-state index in [1.165, 1.54) is 12.5 Å². The van der Waals surface area contributed by atoms with Gasteiger partial charge in [0.15, 0.2) is 5.96 Å². The van der Waals surface area contributed by atoms with Gasteiger partial charge in [-0.1, -0.05) is 50.6 Å². The summed E-state index contributed by atoms with van der Waals surface area (Å²) >= 11 is 0. The Morgan fingerprint density at radius 2 is 1.66 bits per heavy atom. The fourth-order valence-electron chi connectivity index (χ4n) is 4.05. The maximum Gasteiger partial charge on any atom is 0.326 e. The normalized spacial score (nSPS) is 14.5. The minimum absolute atomic E-state index is 0.00655. The number of nitrogens with two attached hydrogens (primary N) is 3. The molecular weight excluding hydrogens is 530 g/mol. The zero-order valence-electron chi connectivity index (χ0n) is 23.4. The van der Waals surface area contributed by atoms with E-state index in [-0.39, 0.29) is 37.7 Å². The van der Waals surface area contributed by atoms with Crippen LogP contribution in [0.3, 0.4) is 0 Å². The predicted octanol–water partition coefficient (Wildman–Crippen LogP) is -0.839. The Bertz CT molecular complexity index is 1150. The highest BCUT2D eigenvalue weighted by atomic mass is 16.4. The monoisotopic (exact) mass is 571 g/mol. The van der Waals surface area contributed by atoms with E-state index in [1.807, 2.05) is 37.3 Å². The third-order valence-corrected chi connectivity index (χ3v) is 6.60. The van der Waals surface area contributed by atoms with Crippen LogP contribution in [-0.4, -0.2) is 75.4 Å². The lowest BCUT2D eigenvalue weighted by Crippen LogP contribution is -2.58. The number of rotatable bonds is 17. The Hall–Kier alpha value is -4.46. The molecule has 1 aromatic carbocycles. The molecule has 3 amide bonds. The van der Waals surface area contributed by atoms with Gasteiger partial charge in [0.2, 0.25) is 17.7 Å². The molecule has 0 spiro atoms.